The van der Waals surface area contributed by atoms with Crippen molar-refractivity contribution in [3.8, 4) is 34.1 Å². The number of aromatic amines is 2. The zero-order valence-corrected chi connectivity index (χ0v) is 33.0. The van der Waals surface area contributed by atoms with E-state index in [2.05, 4.69) is 64.6 Å². The summed E-state index contributed by atoms with van der Waals surface area (Å²) in [6.45, 7) is 13.9. The Hall–Kier alpha value is -4.96. The number of anilines is 2. The highest BCUT2D eigenvalue weighted by Gasteiger charge is 2.30. The van der Waals surface area contributed by atoms with Crippen LogP contribution in [0.5, 0.6) is 11.6 Å². The van der Waals surface area contributed by atoms with Gasteiger partial charge in [-0.05, 0) is 68.3 Å². The van der Waals surface area contributed by atoms with Crippen molar-refractivity contribution in [1.29, 1.82) is 0 Å². The van der Waals surface area contributed by atoms with E-state index in [0.29, 0.717) is 35.9 Å². The summed E-state index contributed by atoms with van der Waals surface area (Å²) in [4.78, 5) is 39.1. The Kier molecular flexibility index (Phi) is 13.0. The van der Waals surface area contributed by atoms with Crippen LogP contribution < -0.4 is 20.1 Å². The van der Waals surface area contributed by atoms with Crippen LogP contribution in [0, 0.1) is 28.4 Å². The van der Waals surface area contributed by atoms with Gasteiger partial charge in [-0.1, -0.05) is 34.1 Å². The minimum Gasteiger partial charge on any atom is -0.495 e. The van der Waals surface area contributed by atoms with Gasteiger partial charge < -0.3 is 29.9 Å². The van der Waals surface area contributed by atoms with Crippen LogP contribution in [0.4, 0.5) is 20.4 Å². The molecule has 1 unspecified atom stereocenters. The number of hydrogen-bond donors (Lipinski definition) is 4. The van der Waals surface area contributed by atoms with Crippen molar-refractivity contribution < 1.29 is 27.8 Å². The molecule has 0 saturated carbocycles. The molecule has 14 nitrogen and oxygen atoms in total. The molecule has 2 aliphatic rings. The lowest BCUT2D eigenvalue weighted by Gasteiger charge is -2.37. The molecule has 2 aliphatic heterocycles. The van der Waals surface area contributed by atoms with Crippen LogP contribution in [-0.4, -0.2) is 105 Å². The average molecular weight is 777 g/mol. The van der Waals surface area contributed by atoms with E-state index in [4.69, 9.17) is 9.47 Å². The van der Waals surface area contributed by atoms with Gasteiger partial charge in [-0.2, -0.15) is 10.2 Å². The van der Waals surface area contributed by atoms with Gasteiger partial charge in [-0.3, -0.25) is 24.8 Å². The Morgan fingerprint density at radius 1 is 0.821 bits per heavy atom. The molecule has 4 aromatic heterocycles. The third-order valence-corrected chi connectivity index (χ3v) is 10.3. The zero-order chi connectivity index (χ0) is 39.9. The van der Waals surface area contributed by atoms with Gasteiger partial charge in [-0.25, -0.2) is 13.8 Å². The molecular weight excluding hydrogens is 723 g/mol. The lowest BCUT2D eigenvalue weighted by Crippen LogP contribution is -2.43. The molecular formula is C40H54F2N10O4. The van der Waals surface area contributed by atoms with Gasteiger partial charge in [0.2, 0.25) is 17.7 Å². The van der Waals surface area contributed by atoms with Gasteiger partial charge in [0.05, 0.1) is 19.9 Å². The highest BCUT2D eigenvalue weighted by Crippen LogP contribution is 2.31. The minimum atomic E-state index is -0.671. The SMILES string of the molecule is COc1cncc(-c2[nH]nc(NC(=O)CC(C)(C)CN3CCCC(COc4ccc(-c5[nH]nc(NC(=O)CC(C)(C)CN6CCCCC6)c5F)cn4)C3)c2F)c1. The topological polar surface area (TPSA) is 166 Å². The van der Waals surface area contributed by atoms with E-state index >= 15 is 8.78 Å². The average Bonchev–Trinajstić information content (AvgIpc) is 3.70. The summed E-state index contributed by atoms with van der Waals surface area (Å²) in [5.74, 6) is -1.08. The molecule has 0 bridgehead atoms. The number of hydrogen-bond acceptors (Lipinski definition) is 10. The third kappa shape index (κ3) is 10.9. The number of carbonyl (C=O) groups is 2. The highest BCUT2D eigenvalue weighted by atomic mass is 19.1. The van der Waals surface area contributed by atoms with Gasteiger partial charge in [0.25, 0.3) is 0 Å². The molecule has 2 fully saturated rings. The molecule has 0 aromatic carbocycles. The second-order valence-corrected chi connectivity index (χ2v) is 16.7. The number of carbonyl (C=O) groups excluding carboxylic acids is 2. The summed E-state index contributed by atoms with van der Waals surface area (Å²) in [7, 11) is 1.50. The van der Waals surface area contributed by atoms with Crippen molar-refractivity contribution in [3.63, 3.8) is 0 Å². The lowest BCUT2D eigenvalue weighted by atomic mass is 9.86. The van der Waals surface area contributed by atoms with Crippen molar-refractivity contribution in [2.75, 3.05) is 63.6 Å². The van der Waals surface area contributed by atoms with E-state index < -0.39 is 17.0 Å². The predicted octanol–water partition coefficient (Wildman–Crippen LogP) is 6.53. The van der Waals surface area contributed by atoms with Crippen molar-refractivity contribution in [1.82, 2.24) is 40.2 Å². The molecule has 56 heavy (non-hydrogen) atoms. The van der Waals surface area contributed by atoms with Gasteiger partial charge >= 0.3 is 0 Å². The monoisotopic (exact) mass is 776 g/mol. The maximum Gasteiger partial charge on any atom is 0.226 e. The molecule has 1 atom stereocenters. The third-order valence-electron chi connectivity index (χ3n) is 10.3. The Morgan fingerprint density at radius 3 is 2.04 bits per heavy atom. The molecule has 0 radical (unpaired) electrons. The second-order valence-electron chi connectivity index (χ2n) is 16.7. The number of rotatable bonds is 16. The van der Waals surface area contributed by atoms with Crippen LogP contribution in [0.15, 0.2) is 36.8 Å². The van der Waals surface area contributed by atoms with E-state index in [9.17, 15) is 9.59 Å². The summed E-state index contributed by atoms with van der Waals surface area (Å²) in [5.41, 5.74) is 0.522. The van der Waals surface area contributed by atoms with Gasteiger partial charge in [-0.15, -0.1) is 0 Å². The fourth-order valence-electron chi connectivity index (χ4n) is 7.78. The van der Waals surface area contributed by atoms with E-state index in [0.717, 1.165) is 45.6 Å². The number of nitrogens with zero attached hydrogens (tertiary/aromatic N) is 6. The highest BCUT2D eigenvalue weighted by molar-refractivity contribution is 5.91. The fourth-order valence-corrected chi connectivity index (χ4v) is 7.78. The van der Waals surface area contributed by atoms with Crippen molar-refractivity contribution >= 4 is 23.5 Å². The summed E-state index contributed by atoms with van der Waals surface area (Å²) >= 11 is 0. The number of pyridine rings is 2. The van der Waals surface area contributed by atoms with Crippen molar-refractivity contribution in [2.24, 2.45) is 16.7 Å². The molecule has 302 valence electrons. The fraction of sp³-hybridized carbons (Fsp3) is 0.550. The number of H-pyrrole nitrogens is 2. The molecule has 0 spiro atoms. The van der Waals surface area contributed by atoms with E-state index in [1.165, 1.54) is 45.0 Å². The van der Waals surface area contributed by atoms with Crippen LogP contribution in [0.2, 0.25) is 0 Å². The van der Waals surface area contributed by atoms with Crippen LogP contribution >= 0.6 is 0 Å². The summed E-state index contributed by atoms with van der Waals surface area (Å²) < 4.78 is 41.8. The number of ether oxygens (including phenoxy) is 2. The smallest absolute Gasteiger partial charge is 0.226 e. The second kappa shape index (κ2) is 17.9. The maximum atomic E-state index is 15.4. The molecule has 6 heterocycles. The Bertz CT molecular complexity index is 1940. The standard InChI is InChI=1S/C40H54F2N10O4/c1-39(2,24-51-13-7-6-8-14-51)17-30(53)45-37-33(41)35(47-49-37)27-11-12-32(44-20-27)56-23-26-10-9-15-52(22-26)25-40(3,4)18-31(54)46-38-34(42)36(48-50-38)28-16-29(55-5)21-43-19-28/h11-12,16,19-21,26H,6-10,13-15,17-18,22-25H2,1-5H3,(H2,45,47,49,53)(H2,46,48,50,54). The van der Waals surface area contributed by atoms with Gasteiger partial charge in [0, 0.05) is 68.0 Å². The quantitative estimate of drug-likeness (QED) is 0.0983. The van der Waals surface area contributed by atoms with Gasteiger partial charge in [0.15, 0.2) is 23.3 Å². The molecule has 4 aromatic rings. The molecule has 4 N–H and O–H groups in total. The number of aromatic nitrogens is 6. The molecule has 2 amide bonds. The Balaban J connectivity index is 0.948. The first kappa shape index (κ1) is 40.7. The van der Waals surface area contributed by atoms with Crippen LogP contribution in [-0.2, 0) is 9.59 Å². The van der Waals surface area contributed by atoms with E-state index in [1.54, 1.807) is 18.2 Å². The number of nitrogens with one attached hydrogen (secondary N) is 4. The Morgan fingerprint density at radius 2 is 1.43 bits per heavy atom. The van der Waals surface area contributed by atoms with E-state index in [1.807, 2.05) is 13.8 Å². The molecule has 6 rings (SSSR count). The number of halogens is 2. The van der Waals surface area contributed by atoms with Crippen molar-refractivity contribution in [3.05, 3.63) is 48.4 Å². The number of methoxy groups -OCH3 is 1. The minimum absolute atomic E-state index is 0.110. The van der Waals surface area contributed by atoms with Crippen molar-refractivity contribution in [2.45, 2.75) is 72.6 Å². The summed E-state index contributed by atoms with van der Waals surface area (Å²) in [6, 6.07) is 5.03. The molecule has 2 saturated heterocycles. The summed E-state index contributed by atoms with van der Waals surface area (Å²) in [6.07, 6.45) is 10.5. The number of likely N-dealkylation sites (tertiary alicyclic amines) is 2. The first-order valence-corrected chi connectivity index (χ1v) is 19.4. The molecule has 0 aliphatic carbocycles. The number of amides is 2. The lowest BCUT2D eigenvalue weighted by molar-refractivity contribution is -0.119. The normalized spacial score (nSPS) is 17.1. The van der Waals surface area contributed by atoms with Crippen LogP contribution in [0.1, 0.15) is 72.6 Å². The summed E-state index contributed by atoms with van der Waals surface area (Å²) in [5, 5.41) is 18.6. The van der Waals surface area contributed by atoms with E-state index in [-0.39, 0.29) is 59.0 Å². The van der Waals surface area contributed by atoms with Crippen LogP contribution in [0.3, 0.4) is 0 Å². The first-order chi connectivity index (χ1) is 26.8. The molecule has 16 heteroatoms. The van der Waals surface area contributed by atoms with Crippen LogP contribution in [0.25, 0.3) is 22.5 Å². The largest absolute Gasteiger partial charge is 0.495 e. The first-order valence-electron chi connectivity index (χ1n) is 19.4. The zero-order valence-electron chi connectivity index (χ0n) is 33.0. The maximum absolute atomic E-state index is 15.4. The van der Waals surface area contributed by atoms with Gasteiger partial charge in [0.1, 0.15) is 17.1 Å². The Labute approximate surface area is 326 Å². The number of piperidine rings is 2. The predicted molar refractivity (Wildman–Crippen MR) is 209 cm³/mol.